The standard InChI is InChI=1S/C13H11F3N2O/c14-13(15,16)10-7-9(8-17)4-5-11(10)19-12-3-1-2-6-18-12/h1-7H,8,17H2. The Hall–Kier alpha value is -2.08. The van der Waals surface area contributed by atoms with Crippen LogP contribution < -0.4 is 10.5 Å². The summed E-state index contributed by atoms with van der Waals surface area (Å²) in [4.78, 5) is 3.83. The molecule has 0 aliphatic heterocycles. The number of alkyl halides is 3. The average molecular weight is 268 g/mol. The Balaban J connectivity index is 2.40. The van der Waals surface area contributed by atoms with Gasteiger partial charge in [-0.15, -0.1) is 0 Å². The maximum Gasteiger partial charge on any atom is 0.419 e. The number of nitrogens with two attached hydrogens (primary N) is 1. The van der Waals surface area contributed by atoms with Gasteiger partial charge in [-0.3, -0.25) is 0 Å². The van der Waals surface area contributed by atoms with E-state index >= 15 is 0 Å². The van der Waals surface area contributed by atoms with Gasteiger partial charge in [0.05, 0.1) is 5.56 Å². The Morgan fingerprint density at radius 2 is 1.95 bits per heavy atom. The van der Waals surface area contributed by atoms with E-state index in [4.69, 9.17) is 10.5 Å². The molecule has 2 rings (SSSR count). The Morgan fingerprint density at radius 3 is 2.53 bits per heavy atom. The molecule has 0 unspecified atom stereocenters. The minimum absolute atomic E-state index is 0.0347. The van der Waals surface area contributed by atoms with E-state index in [0.29, 0.717) is 5.56 Å². The van der Waals surface area contributed by atoms with Crippen LogP contribution in [0.5, 0.6) is 11.6 Å². The van der Waals surface area contributed by atoms with Gasteiger partial charge in [0.2, 0.25) is 5.88 Å². The molecule has 1 aromatic carbocycles. The van der Waals surface area contributed by atoms with Crippen molar-refractivity contribution in [2.45, 2.75) is 12.7 Å². The highest BCUT2D eigenvalue weighted by Crippen LogP contribution is 2.38. The van der Waals surface area contributed by atoms with E-state index in [1.807, 2.05) is 0 Å². The minimum Gasteiger partial charge on any atom is -0.438 e. The maximum atomic E-state index is 12.9. The van der Waals surface area contributed by atoms with Crippen molar-refractivity contribution in [3.8, 4) is 11.6 Å². The summed E-state index contributed by atoms with van der Waals surface area (Å²) in [5, 5.41) is 0. The monoisotopic (exact) mass is 268 g/mol. The Kier molecular flexibility index (Phi) is 3.71. The molecular weight excluding hydrogens is 257 g/mol. The molecule has 3 nitrogen and oxygen atoms in total. The van der Waals surface area contributed by atoms with Crippen molar-refractivity contribution in [3.63, 3.8) is 0 Å². The maximum absolute atomic E-state index is 12.9. The van der Waals surface area contributed by atoms with E-state index in [0.717, 1.165) is 6.07 Å². The Labute approximate surface area is 107 Å². The molecule has 19 heavy (non-hydrogen) atoms. The molecule has 0 atom stereocenters. The quantitative estimate of drug-likeness (QED) is 0.928. The van der Waals surface area contributed by atoms with Gasteiger partial charge in [0.1, 0.15) is 5.75 Å². The second-order valence-electron chi connectivity index (χ2n) is 3.80. The lowest BCUT2D eigenvalue weighted by Crippen LogP contribution is -2.09. The zero-order valence-electron chi connectivity index (χ0n) is 9.82. The fourth-order valence-electron chi connectivity index (χ4n) is 1.53. The van der Waals surface area contributed by atoms with Crippen molar-refractivity contribution < 1.29 is 17.9 Å². The highest BCUT2D eigenvalue weighted by Gasteiger charge is 2.34. The second-order valence-corrected chi connectivity index (χ2v) is 3.80. The van der Waals surface area contributed by atoms with Gasteiger partial charge >= 0.3 is 6.18 Å². The average Bonchev–Trinajstić information content (AvgIpc) is 2.39. The second kappa shape index (κ2) is 5.27. The molecule has 0 saturated heterocycles. The van der Waals surface area contributed by atoms with Gasteiger partial charge in [-0.05, 0) is 23.8 Å². The van der Waals surface area contributed by atoms with Gasteiger partial charge in [0, 0.05) is 18.8 Å². The largest absolute Gasteiger partial charge is 0.438 e. The van der Waals surface area contributed by atoms with Gasteiger partial charge in [-0.1, -0.05) is 12.1 Å². The molecule has 0 fully saturated rings. The third-order valence-corrected chi connectivity index (χ3v) is 2.44. The number of rotatable bonds is 3. The molecule has 2 aromatic rings. The van der Waals surface area contributed by atoms with Crippen LogP contribution in [-0.2, 0) is 12.7 Å². The van der Waals surface area contributed by atoms with Crippen LogP contribution in [0.4, 0.5) is 13.2 Å². The number of ether oxygens (including phenoxy) is 1. The van der Waals surface area contributed by atoms with Crippen LogP contribution in [0.1, 0.15) is 11.1 Å². The highest BCUT2D eigenvalue weighted by atomic mass is 19.4. The van der Waals surface area contributed by atoms with Gasteiger partial charge < -0.3 is 10.5 Å². The smallest absolute Gasteiger partial charge is 0.419 e. The van der Waals surface area contributed by atoms with E-state index in [-0.39, 0.29) is 18.2 Å². The molecular formula is C13H11F3N2O. The molecule has 2 N–H and O–H groups in total. The third kappa shape index (κ3) is 3.23. The van der Waals surface area contributed by atoms with Gasteiger partial charge in [0.25, 0.3) is 0 Å². The molecule has 0 saturated carbocycles. The van der Waals surface area contributed by atoms with Crippen molar-refractivity contribution in [2.24, 2.45) is 5.73 Å². The van der Waals surface area contributed by atoms with Crippen LogP contribution in [-0.4, -0.2) is 4.98 Å². The lowest BCUT2D eigenvalue weighted by Gasteiger charge is -2.14. The van der Waals surface area contributed by atoms with E-state index in [1.165, 1.54) is 24.4 Å². The number of nitrogens with zero attached hydrogens (tertiary/aromatic N) is 1. The topological polar surface area (TPSA) is 48.1 Å². The summed E-state index contributed by atoms with van der Waals surface area (Å²) in [7, 11) is 0. The van der Waals surface area contributed by atoms with Crippen molar-refractivity contribution >= 4 is 0 Å². The molecule has 1 heterocycles. The van der Waals surface area contributed by atoms with Crippen LogP contribution >= 0.6 is 0 Å². The number of hydrogen-bond donors (Lipinski definition) is 1. The number of pyridine rings is 1. The molecule has 0 bridgehead atoms. The SMILES string of the molecule is NCc1ccc(Oc2ccccn2)c(C(F)(F)F)c1. The number of halogens is 3. The van der Waals surface area contributed by atoms with Gasteiger partial charge in [-0.2, -0.15) is 13.2 Å². The molecule has 0 radical (unpaired) electrons. The zero-order valence-corrected chi connectivity index (χ0v) is 9.82. The van der Waals surface area contributed by atoms with Gasteiger partial charge in [0.15, 0.2) is 0 Å². The summed E-state index contributed by atoms with van der Waals surface area (Å²) in [5.41, 5.74) is 4.87. The number of benzene rings is 1. The van der Waals surface area contributed by atoms with Crippen molar-refractivity contribution in [2.75, 3.05) is 0 Å². The fraction of sp³-hybridized carbons (Fsp3) is 0.154. The normalized spacial score (nSPS) is 11.4. The fourth-order valence-corrected chi connectivity index (χ4v) is 1.53. The van der Waals surface area contributed by atoms with Crippen molar-refractivity contribution in [3.05, 3.63) is 53.7 Å². The number of aromatic nitrogens is 1. The first-order chi connectivity index (χ1) is 9.00. The summed E-state index contributed by atoms with van der Waals surface area (Å²) >= 11 is 0. The lowest BCUT2D eigenvalue weighted by atomic mass is 10.1. The van der Waals surface area contributed by atoms with Crippen molar-refractivity contribution in [1.82, 2.24) is 4.98 Å². The molecule has 0 aliphatic rings. The van der Waals surface area contributed by atoms with Crippen LogP contribution in [0.15, 0.2) is 42.6 Å². The molecule has 6 heteroatoms. The van der Waals surface area contributed by atoms with Gasteiger partial charge in [-0.25, -0.2) is 4.98 Å². The summed E-state index contributed by atoms with van der Waals surface area (Å²) in [5.74, 6) is -0.183. The van der Waals surface area contributed by atoms with Crippen LogP contribution in [0.25, 0.3) is 0 Å². The first-order valence-corrected chi connectivity index (χ1v) is 5.50. The summed E-state index contributed by atoms with van der Waals surface area (Å²) < 4.78 is 43.9. The first-order valence-electron chi connectivity index (χ1n) is 5.50. The van der Waals surface area contributed by atoms with Crippen LogP contribution in [0.2, 0.25) is 0 Å². The third-order valence-electron chi connectivity index (χ3n) is 2.44. The van der Waals surface area contributed by atoms with E-state index in [2.05, 4.69) is 4.98 Å². The first kappa shape index (κ1) is 13.4. The predicted molar refractivity (Wildman–Crippen MR) is 63.6 cm³/mol. The van der Waals surface area contributed by atoms with E-state index in [9.17, 15) is 13.2 Å². The summed E-state index contributed by atoms with van der Waals surface area (Å²) in [6.45, 7) is 0.0347. The van der Waals surface area contributed by atoms with Crippen LogP contribution in [0, 0.1) is 0 Å². The Morgan fingerprint density at radius 1 is 1.16 bits per heavy atom. The van der Waals surface area contributed by atoms with Crippen LogP contribution in [0.3, 0.4) is 0 Å². The highest BCUT2D eigenvalue weighted by molar-refractivity contribution is 5.41. The molecule has 0 aliphatic carbocycles. The lowest BCUT2D eigenvalue weighted by molar-refractivity contribution is -0.138. The molecule has 1 aromatic heterocycles. The minimum atomic E-state index is -4.50. The summed E-state index contributed by atoms with van der Waals surface area (Å²) in [6.07, 6.45) is -3.06. The Bertz CT molecular complexity index is 556. The summed E-state index contributed by atoms with van der Waals surface area (Å²) in [6, 6.07) is 8.49. The number of hydrogen-bond acceptors (Lipinski definition) is 3. The predicted octanol–water partition coefficient (Wildman–Crippen LogP) is 3.35. The van der Waals surface area contributed by atoms with E-state index < -0.39 is 11.7 Å². The molecule has 0 spiro atoms. The molecule has 0 amide bonds. The van der Waals surface area contributed by atoms with Crippen molar-refractivity contribution in [1.29, 1.82) is 0 Å². The molecule has 100 valence electrons. The zero-order chi connectivity index (χ0) is 13.9. The van der Waals surface area contributed by atoms with E-state index in [1.54, 1.807) is 12.1 Å².